The number of pyridine rings is 1. The molecule has 0 spiro atoms. The number of carbonyl (C=O) groups is 1. The van der Waals surface area contributed by atoms with E-state index in [0.717, 1.165) is 60.6 Å². The molecule has 3 aromatic heterocycles. The minimum atomic E-state index is 0.000922. The quantitative estimate of drug-likeness (QED) is 0.723. The standard InChI is InChI=1S/C22H23N7O/c1-28-11-8-16(27-28)22(30)29-15-4-5-18(29)19-17(12-15)25-20(13-6-9-23-10-7-13)26-21(19)24-14-2-3-14/h6-11,14-15,18H,2-5,12H2,1H3,(H,24,25,26)/t15-,18-/m0/s1. The van der Waals surface area contributed by atoms with Crippen molar-refractivity contribution in [2.75, 3.05) is 5.32 Å². The molecule has 0 aromatic carbocycles. The molecule has 0 radical (unpaired) electrons. The Hall–Kier alpha value is -3.29. The van der Waals surface area contributed by atoms with Gasteiger partial charge in [-0.25, -0.2) is 9.97 Å². The first-order valence-corrected chi connectivity index (χ1v) is 10.6. The molecule has 6 rings (SSSR count). The van der Waals surface area contributed by atoms with Gasteiger partial charge in [0.2, 0.25) is 0 Å². The van der Waals surface area contributed by atoms with Crippen molar-refractivity contribution < 1.29 is 4.79 Å². The van der Waals surface area contributed by atoms with Gasteiger partial charge in [0.25, 0.3) is 5.91 Å². The van der Waals surface area contributed by atoms with Crippen LogP contribution in [0.1, 0.15) is 53.5 Å². The Balaban J connectivity index is 1.43. The molecule has 2 bridgehead atoms. The summed E-state index contributed by atoms with van der Waals surface area (Å²) in [6, 6.07) is 6.30. The molecule has 2 fully saturated rings. The van der Waals surface area contributed by atoms with Crippen LogP contribution < -0.4 is 5.32 Å². The number of carbonyl (C=O) groups excluding carboxylic acids is 1. The van der Waals surface area contributed by atoms with E-state index in [2.05, 4.69) is 15.4 Å². The van der Waals surface area contributed by atoms with E-state index in [4.69, 9.17) is 9.97 Å². The van der Waals surface area contributed by atoms with Crippen molar-refractivity contribution in [1.82, 2.24) is 29.6 Å². The van der Waals surface area contributed by atoms with Crippen molar-refractivity contribution in [3.63, 3.8) is 0 Å². The summed E-state index contributed by atoms with van der Waals surface area (Å²) < 4.78 is 1.68. The Morgan fingerprint density at radius 1 is 1.10 bits per heavy atom. The maximum absolute atomic E-state index is 13.3. The van der Waals surface area contributed by atoms with E-state index >= 15 is 0 Å². The molecule has 0 unspecified atom stereocenters. The van der Waals surface area contributed by atoms with Gasteiger partial charge in [0, 0.05) is 55.3 Å². The van der Waals surface area contributed by atoms with Crippen LogP contribution in [0, 0.1) is 0 Å². The largest absolute Gasteiger partial charge is 0.367 e. The molecule has 1 saturated carbocycles. The van der Waals surface area contributed by atoms with Crippen molar-refractivity contribution in [1.29, 1.82) is 0 Å². The van der Waals surface area contributed by atoms with Gasteiger partial charge in [-0.2, -0.15) is 5.10 Å². The number of anilines is 1. The van der Waals surface area contributed by atoms with E-state index in [1.165, 1.54) is 0 Å². The third-order valence-electron chi connectivity index (χ3n) is 6.31. The van der Waals surface area contributed by atoms with Gasteiger partial charge in [-0.15, -0.1) is 0 Å². The molecule has 3 aliphatic rings. The fraction of sp³-hybridized carbons (Fsp3) is 0.409. The third-order valence-corrected chi connectivity index (χ3v) is 6.31. The Morgan fingerprint density at radius 3 is 2.67 bits per heavy atom. The zero-order valence-electron chi connectivity index (χ0n) is 16.8. The second-order valence-electron chi connectivity index (χ2n) is 8.45. The number of aryl methyl sites for hydroxylation is 1. The Kier molecular flexibility index (Phi) is 3.87. The Bertz CT molecular complexity index is 1120. The molecule has 8 nitrogen and oxygen atoms in total. The van der Waals surface area contributed by atoms with Gasteiger partial charge >= 0.3 is 0 Å². The van der Waals surface area contributed by atoms with Crippen molar-refractivity contribution in [2.24, 2.45) is 7.05 Å². The van der Waals surface area contributed by atoms with Gasteiger partial charge in [0.1, 0.15) is 11.5 Å². The highest BCUT2D eigenvalue weighted by Crippen LogP contribution is 2.47. The molecular weight excluding hydrogens is 378 g/mol. The van der Waals surface area contributed by atoms with Crippen molar-refractivity contribution in [3.8, 4) is 11.4 Å². The maximum Gasteiger partial charge on any atom is 0.275 e. The van der Waals surface area contributed by atoms with Crippen molar-refractivity contribution >= 4 is 11.7 Å². The van der Waals surface area contributed by atoms with Gasteiger partial charge in [-0.1, -0.05) is 0 Å². The highest BCUT2D eigenvalue weighted by atomic mass is 16.2. The lowest BCUT2D eigenvalue weighted by atomic mass is 9.97. The minimum Gasteiger partial charge on any atom is -0.367 e. The predicted octanol–water partition coefficient (Wildman–Crippen LogP) is 2.75. The van der Waals surface area contributed by atoms with Crippen LogP contribution in [-0.2, 0) is 13.5 Å². The number of hydrogen-bond donors (Lipinski definition) is 1. The van der Waals surface area contributed by atoms with Crippen LogP contribution in [-0.4, -0.2) is 47.6 Å². The van der Waals surface area contributed by atoms with Gasteiger partial charge in [0.15, 0.2) is 5.82 Å². The van der Waals surface area contributed by atoms with Crippen LogP contribution in [0.25, 0.3) is 11.4 Å². The first kappa shape index (κ1) is 17.6. The summed E-state index contributed by atoms with van der Waals surface area (Å²) in [5, 5.41) is 7.96. The molecule has 2 atom stereocenters. The van der Waals surface area contributed by atoms with Crippen LogP contribution in [0.15, 0.2) is 36.8 Å². The second-order valence-corrected chi connectivity index (χ2v) is 8.45. The normalized spacial score (nSPS) is 22.1. The van der Waals surface area contributed by atoms with Gasteiger partial charge in [-0.3, -0.25) is 14.5 Å². The first-order chi connectivity index (χ1) is 14.7. The summed E-state index contributed by atoms with van der Waals surface area (Å²) in [6.07, 6.45) is 10.3. The molecule has 8 heteroatoms. The van der Waals surface area contributed by atoms with Crippen LogP contribution >= 0.6 is 0 Å². The van der Waals surface area contributed by atoms with E-state index in [9.17, 15) is 4.79 Å². The predicted molar refractivity (Wildman–Crippen MR) is 111 cm³/mol. The topological polar surface area (TPSA) is 88.8 Å². The first-order valence-electron chi connectivity index (χ1n) is 10.6. The lowest BCUT2D eigenvalue weighted by Gasteiger charge is -2.36. The molecule has 1 amide bonds. The Morgan fingerprint density at radius 2 is 1.93 bits per heavy atom. The van der Waals surface area contributed by atoms with Gasteiger partial charge < -0.3 is 10.2 Å². The summed E-state index contributed by atoms with van der Waals surface area (Å²) in [6.45, 7) is 0. The zero-order chi connectivity index (χ0) is 20.2. The number of hydrogen-bond acceptors (Lipinski definition) is 6. The number of fused-ring (bicyclic) bond motifs is 4. The van der Waals surface area contributed by atoms with E-state index in [-0.39, 0.29) is 18.0 Å². The molecule has 1 saturated heterocycles. The van der Waals surface area contributed by atoms with E-state index in [1.807, 2.05) is 30.3 Å². The lowest BCUT2D eigenvalue weighted by molar-refractivity contribution is 0.0638. The van der Waals surface area contributed by atoms with Crippen molar-refractivity contribution in [3.05, 3.63) is 53.7 Å². The molecule has 2 aliphatic heterocycles. The summed E-state index contributed by atoms with van der Waals surface area (Å²) >= 11 is 0. The number of rotatable bonds is 4. The fourth-order valence-corrected chi connectivity index (χ4v) is 4.74. The summed E-state index contributed by atoms with van der Waals surface area (Å²) in [5.41, 5.74) is 3.63. The van der Waals surface area contributed by atoms with E-state index < -0.39 is 0 Å². The molecular formula is C22H23N7O. The average molecular weight is 401 g/mol. The SMILES string of the molecule is Cn1ccc(C(=O)N2[C@H]3CC[C@H]2c2c(nc(-c4ccncc4)nc2NC2CC2)C3)n1. The molecule has 30 heavy (non-hydrogen) atoms. The molecule has 3 aromatic rings. The number of amides is 1. The molecule has 5 heterocycles. The number of aromatic nitrogens is 5. The number of nitrogens with zero attached hydrogens (tertiary/aromatic N) is 6. The third kappa shape index (κ3) is 2.86. The second kappa shape index (κ2) is 6.62. The van der Waals surface area contributed by atoms with Crippen molar-refractivity contribution in [2.45, 2.75) is 50.2 Å². The van der Waals surface area contributed by atoms with Gasteiger partial charge in [0.05, 0.1) is 11.7 Å². The van der Waals surface area contributed by atoms with Gasteiger partial charge in [-0.05, 0) is 43.9 Å². The van der Waals surface area contributed by atoms with Crippen LogP contribution in [0.4, 0.5) is 5.82 Å². The smallest absolute Gasteiger partial charge is 0.275 e. The maximum atomic E-state index is 13.3. The molecule has 1 N–H and O–H groups in total. The van der Waals surface area contributed by atoms with E-state index in [0.29, 0.717) is 11.7 Å². The lowest BCUT2D eigenvalue weighted by Crippen LogP contribution is -2.43. The average Bonchev–Trinajstić information content (AvgIpc) is 3.38. The van der Waals surface area contributed by atoms with Crippen LogP contribution in [0.5, 0.6) is 0 Å². The summed E-state index contributed by atoms with van der Waals surface area (Å²) in [7, 11) is 1.84. The Labute approximate surface area is 174 Å². The van der Waals surface area contributed by atoms with E-state index in [1.54, 1.807) is 23.1 Å². The van der Waals surface area contributed by atoms with Crippen LogP contribution in [0.3, 0.4) is 0 Å². The zero-order valence-corrected chi connectivity index (χ0v) is 16.8. The van der Waals surface area contributed by atoms with Crippen LogP contribution in [0.2, 0.25) is 0 Å². The summed E-state index contributed by atoms with van der Waals surface area (Å²) in [4.78, 5) is 29.3. The monoisotopic (exact) mass is 401 g/mol. The molecule has 1 aliphatic carbocycles. The molecule has 152 valence electrons. The summed E-state index contributed by atoms with van der Waals surface area (Å²) in [5.74, 6) is 1.62. The highest BCUT2D eigenvalue weighted by Gasteiger charge is 2.46. The minimum absolute atomic E-state index is 0.000922. The number of nitrogens with one attached hydrogen (secondary N) is 1. The fourth-order valence-electron chi connectivity index (χ4n) is 4.74. The highest BCUT2D eigenvalue weighted by molar-refractivity contribution is 5.93.